The minimum atomic E-state index is -0.455. The maximum Gasteiger partial charge on any atom is 0.257 e. The lowest BCUT2D eigenvalue weighted by Crippen LogP contribution is -2.39. The van der Waals surface area contributed by atoms with E-state index in [1.807, 2.05) is 25.1 Å². The van der Waals surface area contributed by atoms with Crippen LogP contribution < -0.4 is 0 Å². The van der Waals surface area contributed by atoms with Gasteiger partial charge in [-0.1, -0.05) is 36.4 Å². The molecule has 1 amide bonds. The van der Waals surface area contributed by atoms with Gasteiger partial charge in [-0.05, 0) is 36.6 Å². The van der Waals surface area contributed by atoms with Crippen LogP contribution in [0.2, 0.25) is 0 Å². The zero-order valence-corrected chi connectivity index (χ0v) is 11.3. The first kappa shape index (κ1) is 12.9. The van der Waals surface area contributed by atoms with Crippen LogP contribution in [0.5, 0.6) is 0 Å². The van der Waals surface area contributed by atoms with E-state index in [1.54, 1.807) is 23.1 Å². The Balaban J connectivity index is 1.93. The topological polar surface area (TPSA) is 20.3 Å². The van der Waals surface area contributed by atoms with Crippen molar-refractivity contribution in [3.63, 3.8) is 0 Å². The second kappa shape index (κ2) is 5.08. The highest BCUT2D eigenvalue weighted by Crippen LogP contribution is 2.30. The maximum atomic E-state index is 13.8. The Morgan fingerprint density at radius 1 is 1.15 bits per heavy atom. The van der Waals surface area contributed by atoms with E-state index in [1.165, 1.54) is 11.6 Å². The molecule has 0 N–H and O–H groups in total. The lowest BCUT2D eigenvalue weighted by Gasteiger charge is -2.35. The molecule has 3 rings (SSSR count). The summed E-state index contributed by atoms with van der Waals surface area (Å²) in [6, 6.07) is 14.3. The second-order valence-corrected chi connectivity index (χ2v) is 5.10. The lowest BCUT2D eigenvalue weighted by molar-refractivity contribution is 0.0673. The third kappa shape index (κ3) is 2.09. The number of amides is 1. The molecule has 0 fully saturated rings. The Hall–Kier alpha value is -2.16. The molecule has 0 saturated carbocycles. The molecule has 1 atom stereocenters. The fourth-order valence-corrected chi connectivity index (χ4v) is 2.84. The van der Waals surface area contributed by atoms with Crippen LogP contribution in [0.25, 0.3) is 0 Å². The third-order valence-corrected chi connectivity index (χ3v) is 3.96. The number of fused-ring (bicyclic) bond motifs is 1. The van der Waals surface area contributed by atoms with E-state index in [-0.39, 0.29) is 17.5 Å². The van der Waals surface area contributed by atoms with Crippen LogP contribution in [-0.4, -0.2) is 17.4 Å². The van der Waals surface area contributed by atoms with Crippen molar-refractivity contribution in [2.45, 2.75) is 19.4 Å². The van der Waals surface area contributed by atoms with Crippen molar-refractivity contribution in [3.8, 4) is 0 Å². The summed E-state index contributed by atoms with van der Waals surface area (Å²) in [7, 11) is 0. The van der Waals surface area contributed by atoms with Crippen molar-refractivity contribution in [1.82, 2.24) is 4.90 Å². The molecule has 2 aromatic rings. The summed E-state index contributed by atoms with van der Waals surface area (Å²) in [6.07, 6.45) is 0.820. The molecule has 2 nitrogen and oxygen atoms in total. The van der Waals surface area contributed by atoms with Gasteiger partial charge in [0.05, 0.1) is 11.6 Å². The van der Waals surface area contributed by atoms with Crippen molar-refractivity contribution >= 4 is 5.91 Å². The van der Waals surface area contributed by atoms with Crippen LogP contribution in [-0.2, 0) is 6.42 Å². The Labute approximate surface area is 117 Å². The molecular weight excluding hydrogens is 253 g/mol. The molecule has 1 unspecified atom stereocenters. The molecule has 102 valence electrons. The first-order chi connectivity index (χ1) is 9.68. The standard InChI is InChI=1S/C17H16FNO/c1-12-14-7-3-2-6-13(14)10-11-19(12)17(20)15-8-4-5-9-16(15)18/h2-9,12H,10-11H2,1H3. The predicted octanol–water partition coefficient (Wildman–Crippen LogP) is 3.59. The first-order valence-electron chi connectivity index (χ1n) is 6.82. The monoisotopic (exact) mass is 269 g/mol. The van der Waals surface area contributed by atoms with Gasteiger partial charge in [0.15, 0.2) is 0 Å². The van der Waals surface area contributed by atoms with Gasteiger partial charge < -0.3 is 4.90 Å². The number of hydrogen-bond acceptors (Lipinski definition) is 1. The first-order valence-corrected chi connectivity index (χ1v) is 6.82. The summed E-state index contributed by atoms with van der Waals surface area (Å²) in [5.41, 5.74) is 2.58. The predicted molar refractivity (Wildman–Crippen MR) is 76.0 cm³/mol. The van der Waals surface area contributed by atoms with E-state index in [0.29, 0.717) is 6.54 Å². The molecule has 1 aliphatic heterocycles. The number of benzene rings is 2. The van der Waals surface area contributed by atoms with Crippen LogP contribution in [0.4, 0.5) is 4.39 Å². The summed E-state index contributed by atoms with van der Waals surface area (Å²) >= 11 is 0. The number of nitrogens with zero attached hydrogens (tertiary/aromatic N) is 1. The van der Waals surface area contributed by atoms with Gasteiger partial charge in [0.2, 0.25) is 0 Å². The minimum Gasteiger partial charge on any atom is -0.331 e. The normalized spacial score (nSPS) is 17.7. The van der Waals surface area contributed by atoms with Gasteiger partial charge in [0, 0.05) is 6.54 Å². The smallest absolute Gasteiger partial charge is 0.257 e. The van der Waals surface area contributed by atoms with Crippen molar-refractivity contribution in [3.05, 3.63) is 71.0 Å². The van der Waals surface area contributed by atoms with Gasteiger partial charge in [-0.2, -0.15) is 0 Å². The van der Waals surface area contributed by atoms with Gasteiger partial charge in [0.1, 0.15) is 5.82 Å². The summed E-state index contributed by atoms with van der Waals surface area (Å²) in [6.45, 7) is 2.63. The van der Waals surface area contributed by atoms with Gasteiger partial charge in [-0.3, -0.25) is 4.79 Å². The second-order valence-electron chi connectivity index (χ2n) is 5.10. The van der Waals surface area contributed by atoms with Crippen molar-refractivity contribution in [2.75, 3.05) is 6.54 Å². The van der Waals surface area contributed by atoms with Gasteiger partial charge in [-0.15, -0.1) is 0 Å². The van der Waals surface area contributed by atoms with Gasteiger partial charge in [-0.25, -0.2) is 4.39 Å². The van der Waals surface area contributed by atoms with Crippen LogP contribution in [0, 0.1) is 5.82 Å². The highest BCUT2D eigenvalue weighted by atomic mass is 19.1. The molecule has 0 aromatic heterocycles. The SMILES string of the molecule is CC1c2ccccc2CCN1C(=O)c1ccccc1F. The number of rotatable bonds is 1. The van der Waals surface area contributed by atoms with Crippen molar-refractivity contribution < 1.29 is 9.18 Å². The Bertz CT molecular complexity index is 653. The highest BCUT2D eigenvalue weighted by molar-refractivity contribution is 5.95. The zero-order chi connectivity index (χ0) is 14.1. The lowest BCUT2D eigenvalue weighted by atomic mass is 9.93. The molecule has 1 heterocycles. The molecule has 0 saturated heterocycles. The van der Waals surface area contributed by atoms with E-state index in [2.05, 4.69) is 6.07 Å². The number of hydrogen-bond donors (Lipinski definition) is 0. The quantitative estimate of drug-likeness (QED) is 0.774. The molecule has 3 heteroatoms. The average molecular weight is 269 g/mol. The number of carbonyl (C=O) groups excluding carboxylic acids is 1. The van der Waals surface area contributed by atoms with Crippen LogP contribution in [0.3, 0.4) is 0 Å². The van der Waals surface area contributed by atoms with E-state index in [9.17, 15) is 9.18 Å². The van der Waals surface area contributed by atoms with E-state index in [4.69, 9.17) is 0 Å². The number of halogens is 1. The molecule has 0 aliphatic carbocycles. The molecule has 2 aromatic carbocycles. The van der Waals surface area contributed by atoms with Crippen LogP contribution in [0.15, 0.2) is 48.5 Å². The van der Waals surface area contributed by atoms with Gasteiger partial charge >= 0.3 is 0 Å². The van der Waals surface area contributed by atoms with Crippen LogP contribution >= 0.6 is 0 Å². The Morgan fingerprint density at radius 2 is 1.85 bits per heavy atom. The van der Waals surface area contributed by atoms with Gasteiger partial charge in [0.25, 0.3) is 5.91 Å². The molecule has 0 radical (unpaired) electrons. The largest absolute Gasteiger partial charge is 0.331 e. The molecule has 1 aliphatic rings. The summed E-state index contributed by atoms with van der Waals surface area (Å²) in [4.78, 5) is 14.3. The zero-order valence-electron chi connectivity index (χ0n) is 11.3. The Kier molecular flexibility index (Phi) is 3.26. The van der Waals surface area contributed by atoms with E-state index in [0.717, 1.165) is 12.0 Å². The van der Waals surface area contributed by atoms with Crippen molar-refractivity contribution in [2.24, 2.45) is 0 Å². The van der Waals surface area contributed by atoms with Crippen molar-refractivity contribution in [1.29, 1.82) is 0 Å². The van der Waals surface area contributed by atoms with Crippen LogP contribution in [0.1, 0.15) is 34.5 Å². The van der Waals surface area contributed by atoms with E-state index >= 15 is 0 Å². The highest BCUT2D eigenvalue weighted by Gasteiger charge is 2.28. The molecular formula is C17H16FNO. The van der Waals surface area contributed by atoms with E-state index < -0.39 is 5.82 Å². The average Bonchev–Trinajstić information content (AvgIpc) is 2.48. The third-order valence-electron chi connectivity index (χ3n) is 3.96. The minimum absolute atomic E-state index is 0.0212. The summed E-state index contributed by atoms with van der Waals surface area (Å²) < 4.78 is 13.8. The molecule has 20 heavy (non-hydrogen) atoms. The fourth-order valence-electron chi connectivity index (χ4n) is 2.84. The Morgan fingerprint density at radius 3 is 2.65 bits per heavy atom. The summed E-state index contributed by atoms with van der Waals surface area (Å²) in [5, 5.41) is 0. The number of carbonyl (C=O) groups is 1. The molecule has 0 spiro atoms. The maximum absolute atomic E-state index is 13.8. The summed E-state index contributed by atoms with van der Waals surface area (Å²) in [5.74, 6) is -0.686. The molecule has 0 bridgehead atoms. The fraction of sp³-hybridized carbons (Fsp3) is 0.235.